The van der Waals surface area contributed by atoms with Gasteiger partial charge in [-0.2, -0.15) is 0 Å². The number of benzene rings is 2. The first-order valence-corrected chi connectivity index (χ1v) is 11.2. The topological polar surface area (TPSA) is 125 Å². The molecule has 1 fully saturated rings. The number of ether oxygens (including phenoxy) is 2. The summed E-state index contributed by atoms with van der Waals surface area (Å²) in [6.45, 7) is 0.159. The number of aliphatic hydroxyl groups is 1. The highest BCUT2D eigenvalue weighted by Gasteiger charge is 2.38. The highest BCUT2D eigenvalue weighted by Crippen LogP contribution is 2.44. The standard InChI is InChI=1S/C25H28N2O7/c1-27(22-14-33-12-21(22)24(30)31)23(29)10-15(28)11-26-25(32)34-13-20-18-8-4-2-6-16(18)17-7-3-5-9-19(17)20/h2-9,15,20-22,28H,10-14H2,1H3,(H,26,32)(H,30,31). The predicted molar refractivity (Wildman–Crippen MR) is 122 cm³/mol. The minimum Gasteiger partial charge on any atom is -0.481 e. The number of rotatable bonds is 8. The van der Waals surface area contributed by atoms with Gasteiger partial charge in [-0.1, -0.05) is 48.5 Å². The molecule has 0 saturated carbocycles. The third-order valence-corrected chi connectivity index (χ3v) is 6.49. The van der Waals surface area contributed by atoms with Crippen molar-refractivity contribution in [3.8, 4) is 11.1 Å². The SMILES string of the molecule is CN(C(=O)CC(O)CNC(=O)OCC1c2ccccc2-c2ccccc21)C1COCC1C(=O)O. The Kier molecular flexibility index (Phi) is 7.14. The molecule has 1 saturated heterocycles. The molecule has 2 amide bonds. The van der Waals surface area contributed by atoms with Crippen molar-refractivity contribution in [1.82, 2.24) is 10.2 Å². The summed E-state index contributed by atoms with van der Waals surface area (Å²) in [5.41, 5.74) is 4.45. The maximum Gasteiger partial charge on any atom is 0.407 e. The van der Waals surface area contributed by atoms with E-state index >= 15 is 0 Å². The lowest BCUT2D eigenvalue weighted by Crippen LogP contribution is -2.45. The fraction of sp³-hybridized carbons (Fsp3) is 0.400. The number of amides is 2. The first-order valence-electron chi connectivity index (χ1n) is 11.2. The number of aliphatic hydroxyl groups excluding tert-OH is 1. The summed E-state index contributed by atoms with van der Waals surface area (Å²) in [5.74, 6) is -2.33. The molecular weight excluding hydrogens is 440 g/mol. The highest BCUT2D eigenvalue weighted by molar-refractivity contribution is 5.80. The summed E-state index contributed by atoms with van der Waals surface area (Å²) < 4.78 is 10.6. The molecule has 0 radical (unpaired) electrons. The predicted octanol–water partition coefficient (Wildman–Crippen LogP) is 1.83. The van der Waals surface area contributed by atoms with Crippen LogP contribution in [0, 0.1) is 5.92 Å². The lowest BCUT2D eigenvalue weighted by molar-refractivity contribution is -0.144. The van der Waals surface area contributed by atoms with Crippen molar-refractivity contribution in [2.45, 2.75) is 24.5 Å². The molecule has 2 aromatic carbocycles. The Bertz CT molecular complexity index is 1030. The summed E-state index contributed by atoms with van der Waals surface area (Å²) in [6, 6.07) is 15.4. The molecular formula is C25H28N2O7. The van der Waals surface area contributed by atoms with Gasteiger partial charge < -0.3 is 29.9 Å². The van der Waals surface area contributed by atoms with Crippen LogP contribution in [0.5, 0.6) is 0 Å². The number of carboxylic acids is 1. The van der Waals surface area contributed by atoms with Crippen LogP contribution < -0.4 is 5.32 Å². The van der Waals surface area contributed by atoms with E-state index in [-0.39, 0.29) is 38.7 Å². The molecule has 1 aliphatic carbocycles. The van der Waals surface area contributed by atoms with Crippen molar-refractivity contribution in [2.75, 3.05) is 33.4 Å². The van der Waals surface area contributed by atoms with Gasteiger partial charge in [0.25, 0.3) is 0 Å². The van der Waals surface area contributed by atoms with Crippen LogP contribution in [0.3, 0.4) is 0 Å². The zero-order valence-corrected chi connectivity index (χ0v) is 18.8. The van der Waals surface area contributed by atoms with Crippen molar-refractivity contribution in [2.24, 2.45) is 5.92 Å². The molecule has 2 aliphatic rings. The third-order valence-electron chi connectivity index (χ3n) is 6.49. The van der Waals surface area contributed by atoms with Crippen molar-refractivity contribution in [1.29, 1.82) is 0 Å². The van der Waals surface area contributed by atoms with Gasteiger partial charge in [-0.15, -0.1) is 0 Å². The molecule has 4 rings (SSSR count). The van der Waals surface area contributed by atoms with E-state index in [1.165, 1.54) is 11.9 Å². The molecule has 180 valence electrons. The molecule has 2 aromatic rings. The largest absolute Gasteiger partial charge is 0.481 e. The molecule has 3 N–H and O–H groups in total. The number of hydrogen-bond donors (Lipinski definition) is 3. The second kappa shape index (κ2) is 10.2. The number of aliphatic carboxylic acids is 1. The first kappa shape index (κ1) is 23.7. The van der Waals surface area contributed by atoms with E-state index < -0.39 is 36.0 Å². The summed E-state index contributed by atoms with van der Waals surface area (Å²) in [6.07, 6.45) is -2.08. The van der Waals surface area contributed by atoms with E-state index in [9.17, 15) is 24.6 Å². The molecule has 3 unspecified atom stereocenters. The van der Waals surface area contributed by atoms with E-state index in [2.05, 4.69) is 17.4 Å². The molecule has 34 heavy (non-hydrogen) atoms. The van der Waals surface area contributed by atoms with Crippen LogP contribution in [-0.2, 0) is 19.1 Å². The highest BCUT2D eigenvalue weighted by atomic mass is 16.5. The van der Waals surface area contributed by atoms with Gasteiger partial charge in [-0.3, -0.25) is 9.59 Å². The smallest absolute Gasteiger partial charge is 0.407 e. The maximum absolute atomic E-state index is 12.5. The number of carboxylic acid groups (broad SMARTS) is 1. The normalized spacial score (nSPS) is 19.7. The Morgan fingerprint density at radius 1 is 1.09 bits per heavy atom. The zero-order valence-electron chi connectivity index (χ0n) is 18.8. The Hall–Kier alpha value is -3.43. The lowest BCUT2D eigenvalue weighted by Gasteiger charge is -2.27. The number of nitrogens with one attached hydrogen (secondary N) is 1. The second-order valence-electron chi connectivity index (χ2n) is 8.62. The molecule has 1 heterocycles. The van der Waals surface area contributed by atoms with Gasteiger partial charge in [0.15, 0.2) is 0 Å². The van der Waals surface area contributed by atoms with Crippen LogP contribution in [0.15, 0.2) is 48.5 Å². The Balaban J connectivity index is 1.25. The van der Waals surface area contributed by atoms with E-state index in [4.69, 9.17) is 9.47 Å². The number of alkyl carbamates (subject to hydrolysis) is 1. The van der Waals surface area contributed by atoms with Gasteiger partial charge in [0.2, 0.25) is 5.91 Å². The van der Waals surface area contributed by atoms with Crippen LogP contribution >= 0.6 is 0 Å². The van der Waals surface area contributed by atoms with Crippen molar-refractivity contribution < 1.29 is 34.1 Å². The molecule has 0 aromatic heterocycles. The van der Waals surface area contributed by atoms with Gasteiger partial charge >= 0.3 is 12.1 Å². The molecule has 9 heteroatoms. The third kappa shape index (κ3) is 4.90. The van der Waals surface area contributed by atoms with Crippen LogP contribution in [0.25, 0.3) is 11.1 Å². The molecule has 0 bridgehead atoms. The fourth-order valence-corrected chi connectivity index (χ4v) is 4.61. The molecule has 3 atom stereocenters. The lowest BCUT2D eigenvalue weighted by atomic mass is 9.98. The molecule has 0 spiro atoms. The number of carbonyl (C=O) groups excluding carboxylic acids is 2. The van der Waals surface area contributed by atoms with Gasteiger partial charge in [0.1, 0.15) is 12.5 Å². The second-order valence-corrected chi connectivity index (χ2v) is 8.62. The molecule has 9 nitrogen and oxygen atoms in total. The van der Waals surface area contributed by atoms with Crippen LogP contribution in [0.1, 0.15) is 23.5 Å². The Labute approximate surface area is 197 Å². The van der Waals surface area contributed by atoms with Crippen LogP contribution in [0.4, 0.5) is 4.79 Å². The first-order chi connectivity index (χ1) is 16.4. The minimum absolute atomic E-state index is 0.0452. The quantitative estimate of drug-likeness (QED) is 0.540. The number of nitrogens with zero attached hydrogens (tertiary/aromatic N) is 1. The van der Waals surface area contributed by atoms with Crippen LogP contribution in [-0.4, -0.2) is 78.6 Å². The van der Waals surface area contributed by atoms with Gasteiger partial charge in [-0.05, 0) is 22.3 Å². The van der Waals surface area contributed by atoms with E-state index in [1.807, 2.05) is 36.4 Å². The van der Waals surface area contributed by atoms with E-state index in [0.29, 0.717) is 0 Å². The van der Waals surface area contributed by atoms with Gasteiger partial charge in [-0.25, -0.2) is 4.79 Å². The van der Waals surface area contributed by atoms with Crippen molar-refractivity contribution in [3.63, 3.8) is 0 Å². The van der Waals surface area contributed by atoms with E-state index in [0.717, 1.165) is 22.3 Å². The summed E-state index contributed by atoms with van der Waals surface area (Å²) in [7, 11) is 1.49. The number of likely N-dealkylation sites (N-methyl/N-ethyl adjacent to an activating group) is 1. The monoisotopic (exact) mass is 468 g/mol. The van der Waals surface area contributed by atoms with Crippen LogP contribution in [0.2, 0.25) is 0 Å². The van der Waals surface area contributed by atoms with Gasteiger partial charge in [0, 0.05) is 19.5 Å². The summed E-state index contributed by atoms with van der Waals surface area (Å²) >= 11 is 0. The summed E-state index contributed by atoms with van der Waals surface area (Å²) in [5, 5.41) is 22.0. The van der Waals surface area contributed by atoms with Gasteiger partial charge in [0.05, 0.1) is 31.8 Å². The fourth-order valence-electron chi connectivity index (χ4n) is 4.61. The number of hydrogen-bond acceptors (Lipinski definition) is 6. The zero-order chi connectivity index (χ0) is 24.2. The average molecular weight is 469 g/mol. The van der Waals surface area contributed by atoms with Crippen molar-refractivity contribution in [3.05, 3.63) is 59.7 Å². The summed E-state index contributed by atoms with van der Waals surface area (Å²) in [4.78, 5) is 37.3. The number of carbonyl (C=O) groups is 3. The van der Waals surface area contributed by atoms with Crippen molar-refractivity contribution >= 4 is 18.0 Å². The minimum atomic E-state index is -1.14. The average Bonchev–Trinajstić information content (AvgIpc) is 3.44. The molecule has 1 aliphatic heterocycles. The van der Waals surface area contributed by atoms with E-state index in [1.54, 1.807) is 0 Å². The maximum atomic E-state index is 12.5. The Morgan fingerprint density at radius 2 is 1.71 bits per heavy atom. The number of fused-ring (bicyclic) bond motifs is 3. The Morgan fingerprint density at radius 3 is 2.32 bits per heavy atom.